The zero-order valence-corrected chi connectivity index (χ0v) is 16.6. The first-order valence-electron chi connectivity index (χ1n) is 9.98. The molecule has 0 aromatic carbocycles. The van der Waals surface area contributed by atoms with Crippen molar-refractivity contribution >= 4 is 5.97 Å². The van der Waals surface area contributed by atoms with Gasteiger partial charge in [-0.15, -0.1) is 0 Å². The molecule has 1 heterocycles. The van der Waals surface area contributed by atoms with Gasteiger partial charge in [-0.25, -0.2) is 0 Å². The van der Waals surface area contributed by atoms with E-state index in [0.717, 1.165) is 6.42 Å². The summed E-state index contributed by atoms with van der Waals surface area (Å²) < 4.78 is 5.73. The first kappa shape index (κ1) is 24.3. The molecule has 5 atom stereocenters. The molecular weight excluding hydrogens is 360 g/mol. The van der Waals surface area contributed by atoms with Crippen molar-refractivity contribution in [2.75, 3.05) is 0 Å². The van der Waals surface area contributed by atoms with Crippen LogP contribution in [0, 0.1) is 0 Å². The fourth-order valence-corrected chi connectivity index (χ4v) is 2.87. The minimum Gasteiger partial charge on any atom is -0.481 e. The lowest BCUT2D eigenvalue weighted by Gasteiger charge is -2.16. The summed E-state index contributed by atoms with van der Waals surface area (Å²) in [5.74, 6) is -0.807. The third-order valence-corrected chi connectivity index (χ3v) is 4.44. The molecule has 0 radical (unpaired) electrons. The normalized spacial score (nSPS) is 25.5. The Kier molecular flexibility index (Phi) is 12.4. The van der Waals surface area contributed by atoms with Crippen molar-refractivity contribution in [3.8, 4) is 0 Å². The number of carboxylic acid groups (broad SMARTS) is 1. The second-order valence-corrected chi connectivity index (χ2v) is 6.92. The number of aliphatic hydroxyl groups is 3. The number of rotatable bonds is 13. The summed E-state index contributed by atoms with van der Waals surface area (Å²) in [6.45, 7) is 2.04. The second kappa shape index (κ2) is 14.3. The predicted octanol–water partition coefficient (Wildman–Crippen LogP) is 2.90. The molecule has 28 heavy (non-hydrogen) atoms. The van der Waals surface area contributed by atoms with Crippen molar-refractivity contribution in [3.05, 3.63) is 48.6 Å². The highest BCUT2D eigenvalue weighted by molar-refractivity contribution is 5.66. The van der Waals surface area contributed by atoms with Crippen LogP contribution < -0.4 is 0 Å². The molecule has 6 nitrogen and oxygen atoms in total. The van der Waals surface area contributed by atoms with E-state index in [0.29, 0.717) is 32.1 Å². The van der Waals surface area contributed by atoms with Crippen LogP contribution >= 0.6 is 0 Å². The van der Waals surface area contributed by atoms with Gasteiger partial charge in [0, 0.05) is 12.8 Å². The topological polar surface area (TPSA) is 107 Å². The van der Waals surface area contributed by atoms with Crippen LogP contribution in [0.3, 0.4) is 0 Å². The van der Waals surface area contributed by atoms with Gasteiger partial charge in [-0.05, 0) is 32.1 Å². The molecule has 0 aliphatic carbocycles. The Morgan fingerprint density at radius 3 is 2.57 bits per heavy atom. The zero-order valence-electron chi connectivity index (χ0n) is 16.6. The number of hydrogen-bond acceptors (Lipinski definition) is 5. The van der Waals surface area contributed by atoms with Gasteiger partial charge < -0.3 is 25.2 Å². The molecule has 158 valence electrons. The minimum absolute atomic E-state index is 0.129. The Hall–Kier alpha value is -1.73. The quantitative estimate of drug-likeness (QED) is 0.358. The van der Waals surface area contributed by atoms with Crippen molar-refractivity contribution < 1.29 is 30.0 Å². The van der Waals surface area contributed by atoms with Crippen molar-refractivity contribution in [2.45, 2.75) is 82.4 Å². The molecule has 1 saturated heterocycles. The van der Waals surface area contributed by atoms with Gasteiger partial charge in [0.1, 0.15) is 0 Å². The Balaban J connectivity index is 2.28. The van der Waals surface area contributed by atoms with Crippen LogP contribution in [0.1, 0.15) is 51.9 Å². The van der Waals surface area contributed by atoms with E-state index in [1.165, 1.54) is 12.2 Å². The lowest BCUT2D eigenvalue weighted by molar-refractivity contribution is -0.136. The molecule has 0 saturated carbocycles. The van der Waals surface area contributed by atoms with E-state index in [4.69, 9.17) is 9.84 Å². The van der Waals surface area contributed by atoms with Crippen molar-refractivity contribution in [1.29, 1.82) is 0 Å². The maximum atomic E-state index is 10.4. The summed E-state index contributed by atoms with van der Waals surface area (Å²) in [5, 5.41) is 38.7. The summed E-state index contributed by atoms with van der Waals surface area (Å²) in [7, 11) is 0. The third-order valence-electron chi connectivity index (χ3n) is 4.44. The summed E-state index contributed by atoms with van der Waals surface area (Å²) >= 11 is 0. The summed E-state index contributed by atoms with van der Waals surface area (Å²) in [6.07, 6.45) is 15.3. The van der Waals surface area contributed by atoms with Gasteiger partial charge in [-0.1, -0.05) is 55.5 Å². The SMILES string of the molecule is CC/C=C\C[C@H]1O[C@H]([C@H](O)/C=C/[C@H](O)C/C=C\C/C=C\CCC(=O)O)C[C@H]1O. The van der Waals surface area contributed by atoms with Gasteiger partial charge in [0.25, 0.3) is 0 Å². The number of aliphatic hydroxyl groups excluding tert-OH is 3. The number of allylic oxidation sites excluding steroid dienone is 4. The van der Waals surface area contributed by atoms with E-state index >= 15 is 0 Å². The van der Waals surface area contributed by atoms with Gasteiger partial charge in [0.05, 0.1) is 30.5 Å². The van der Waals surface area contributed by atoms with Gasteiger partial charge in [-0.2, -0.15) is 0 Å². The molecule has 0 aromatic heterocycles. The molecule has 1 fully saturated rings. The summed E-state index contributed by atoms with van der Waals surface area (Å²) in [6, 6.07) is 0. The van der Waals surface area contributed by atoms with E-state index in [-0.39, 0.29) is 12.5 Å². The first-order chi connectivity index (χ1) is 13.4. The molecule has 0 amide bonds. The fraction of sp³-hybridized carbons (Fsp3) is 0.591. The lowest BCUT2D eigenvalue weighted by atomic mass is 10.0. The van der Waals surface area contributed by atoms with Crippen LogP contribution in [0.15, 0.2) is 48.6 Å². The Morgan fingerprint density at radius 2 is 1.86 bits per heavy atom. The summed E-state index contributed by atoms with van der Waals surface area (Å²) in [5.41, 5.74) is 0. The highest BCUT2D eigenvalue weighted by Gasteiger charge is 2.36. The first-order valence-corrected chi connectivity index (χ1v) is 9.98. The summed E-state index contributed by atoms with van der Waals surface area (Å²) in [4.78, 5) is 10.4. The number of carboxylic acids is 1. The van der Waals surface area contributed by atoms with Crippen LogP contribution in [0.4, 0.5) is 0 Å². The second-order valence-electron chi connectivity index (χ2n) is 6.92. The minimum atomic E-state index is -0.870. The highest BCUT2D eigenvalue weighted by Crippen LogP contribution is 2.26. The van der Waals surface area contributed by atoms with Crippen molar-refractivity contribution in [3.63, 3.8) is 0 Å². The Morgan fingerprint density at radius 1 is 1.11 bits per heavy atom. The van der Waals surface area contributed by atoms with E-state index in [2.05, 4.69) is 0 Å². The number of aliphatic carboxylic acids is 1. The number of hydrogen-bond donors (Lipinski definition) is 4. The average molecular weight is 395 g/mol. The number of carbonyl (C=O) groups is 1. The van der Waals surface area contributed by atoms with Crippen molar-refractivity contribution in [1.82, 2.24) is 0 Å². The fourth-order valence-electron chi connectivity index (χ4n) is 2.87. The van der Waals surface area contributed by atoms with E-state index in [9.17, 15) is 20.1 Å². The van der Waals surface area contributed by atoms with Crippen molar-refractivity contribution in [2.24, 2.45) is 0 Å². The highest BCUT2D eigenvalue weighted by atomic mass is 16.5. The molecule has 0 bridgehead atoms. The lowest BCUT2D eigenvalue weighted by Crippen LogP contribution is -2.24. The van der Waals surface area contributed by atoms with E-state index in [1.54, 1.807) is 0 Å². The smallest absolute Gasteiger partial charge is 0.303 e. The third kappa shape index (κ3) is 10.6. The Labute approximate surface area is 167 Å². The van der Waals surface area contributed by atoms with Gasteiger partial charge >= 0.3 is 5.97 Å². The molecule has 1 aliphatic rings. The van der Waals surface area contributed by atoms with E-state index < -0.39 is 30.4 Å². The maximum absolute atomic E-state index is 10.4. The van der Waals surface area contributed by atoms with Crippen LogP contribution in [0.5, 0.6) is 0 Å². The van der Waals surface area contributed by atoms with Gasteiger partial charge in [0.15, 0.2) is 0 Å². The molecule has 6 heteroatoms. The van der Waals surface area contributed by atoms with Crippen LogP contribution in [-0.2, 0) is 9.53 Å². The van der Waals surface area contributed by atoms with Crippen LogP contribution in [-0.4, -0.2) is 56.9 Å². The molecule has 1 rings (SSSR count). The Bertz CT molecular complexity index is 551. The monoisotopic (exact) mass is 394 g/mol. The molecule has 4 N–H and O–H groups in total. The van der Waals surface area contributed by atoms with Crippen LogP contribution in [0.25, 0.3) is 0 Å². The molecule has 0 aromatic rings. The molecular formula is C22H34O6. The van der Waals surface area contributed by atoms with Crippen LogP contribution in [0.2, 0.25) is 0 Å². The largest absolute Gasteiger partial charge is 0.481 e. The zero-order chi connectivity index (χ0) is 20.8. The molecule has 0 spiro atoms. The standard InChI is InChI=1S/C22H34O6/c1-2-3-8-12-20-19(25)16-21(28-20)18(24)15-14-17(23)11-9-6-4-5-7-10-13-22(26)27/h3,5-9,14-15,17-21,23-25H,2,4,10-13,16H2,1H3,(H,26,27)/b7-5-,8-3-,9-6-,15-14+/t17-,18-,19-,20-,21+/m1/s1. The predicted molar refractivity (Wildman–Crippen MR) is 109 cm³/mol. The average Bonchev–Trinajstić information content (AvgIpc) is 3.02. The van der Waals surface area contributed by atoms with Gasteiger partial charge in [0.2, 0.25) is 0 Å². The van der Waals surface area contributed by atoms with Gasteiger partial charge in [-0.3, -0.25) is 4.79 Å². The molecule has 0 unspecified atom stereocenters. The molecule has 1 aliphatic heterocycles. The maximum Gasteiger partial charge on any atom is 0.303 e. The van der Waals surface area contributed by atoms with E-state index in [1.807, 2.05) is 43.4 Å². The number of ether oxygens (including phenoxy) is 1.